The molecule has 1 rings (SSSR count). The van der Waals surface area contributed by atoms with Crippen LogP contribution in [-0.4, -0.2) is 121 Å². The van der Waals surface area contributed by atoms with Crippen LogP contribution in [0.5, 0.6) is 0 Å². The van der Waals surface area contributed by atoms with Crippen LogP contribution in [-0.2, 0) is 66.8 Å². The monoisotopic (exact) mass is 1130 g/mol. The number of unbranched alkanes of at least 4 members (excludes halogenated alkanes) is 26. The topological polar surface area (TPSA) is 274 Å². The normalized spacial score (nSPS) is 18.7. The molecule has 19 nitrogen and oxygen atoms in total. The van der Waals surface area contributed by atoms with Crippen LogP contribution < -0.4 is 21.7 Å². The molecule has 1 aliphatic heterocycles. The molecule has 19 heteroatoms. The van der Waals surface area contributed by atoms with Gasteiger partial charge in [0.1, 0.15) is 55.3 Å². The SMILES string of the molecule is [2H]N(C(=O)[C@@H](C)O[C@H]1[C@H](O)[C@@H](COC(=O)C[C@@H](CCCCCCCCCCC)OC(=O)CCCCCCCCCCC)OC(OC(=O)CCCCCCCCCCCCC)[C@@H]1NC(C)=O)[C@@H](C)C(=O)N[C@@H](CCC(=O)OC)C(N)=O. The van der Waals surface area contributed by atoms with Gasteiger partial charge in [-0.05, 0) is 46.0 Å². The highest BCUT2D eigenvalue weighted by Crippen LogP contribution is 2.28. The van der Waals surface area contributed by atoms with E-state index >= 15 is 0 Å². The first-order chi connectivity index (χ1) is 38.4. The van der Waals surface area contributed by atoms with Crippen molar-refractivity contribution in [2.45, 2.75) is 321 Å². The first-order valence-electron chi connectivity index (χ1n) is 31.1. The summed E-state index contributed by atoms with van der Waals surface area (Å²) in [6, 6.07) is -4.29. The van der Waals surface area contributed by atoms with Gasteiger partial charge in [0.25, 0.3) is 0 Å². The number of aliphatic hydroxyl groups is 1. The Bertz CT molecular complexity index is 1740. The Hall–Kier alpha value is -4.36. The van der Waals surface area contributed by atoms with Crippen molar-refractivity contribution in [3.8, 4) is 0 Å². The number of methoxy groups -OCH3 is 1. The predicted molar refractivity (Wildman–Crippen MR) is 303 cm³/mol. The quantitative estimate of drug-likeness (QED) is 0.0215. The number of hydrogen-bond acceptors (Lipinski definition) is 15. The molecule has 1 fully saturated rings. The maximum atomic E-state index is 13.8. The molecule has 0 aromatic rings. The molecule has 0 radical (unpaired) electrons. The molecule has 1 aliphatic rings. The predicted octanol–water partition coefficient (Wildman–Crippen LogP) is 9.71. The van der Waals surface area contributed by atoms with Crippen LogP contribution in [0.3, 0.4) is 0 Å². The van der Waals surface area contributed by atoms with Gasteiger partial charge in [-0.15, -0.1) is 0 Å². The number of ether oxygens (including phenoxy) is 6. The zero-order valence-corrected chi connectivity index (χ0v) is 49.8. The second kappa shape index (κ2) is 46.3. The zero-order valence-electron chi connectivity index (χ0n) is 50.8. The van der Waals surface area contributed by atoms with Gasteiger partial charge in [-0.3, -0.25) is 38.4 Å². The van der Waals surface area contributed by atoms with Crippen molar-refractivity contribution >= 4 is 47.5 Å². The molecule has 6 N–H and O–H groups in total. The third kappa shape index (κ3) is 35.9. The smallest absolute Gasteiger partial charge is 0.309 e. The molecule has 1 saturated heterocycles. The largest absolute Gasteiger partial charge is 0.469 e. The molecule has 1 unspecified atom stereocenters. The van der Waals surface area contributed by atoms with Crippen molar-refractivity contribution in [1.82, 2.24) is 15.9 Å². The second-order valence-electron chi connectivity index (χ2n) is 21.7. The molecular weight excluding hydrogens is 1020 g/mol. The molecule has 0 aliphatic carbocycles. The molecule has 9 atom stereocenters. The highest BCUT2D eigenvalue weighted by atomic mass is 16.7. The average molecular weight is 1130 g/mol. The fourth-order valence-electron chi connectivity index (χ4n) is 9.55. The van der Waals surface area contributed by atoms with Crippen LogP contribution in [0.2, 0.25) is 1.41 Å². The fourth-order valence-corrected chi connectivity index (χ4v) is 9.55. The Labute approximate surface area is 475 Å². The fraction of sp³-hybridized carbons (Fsp3) is 0.867. The van der Waals surface area contributed by atoms with Gasteiger partial charge in [-0.2, -0.15) is 0 Å². The summed E-state index contributed by atoms with van der Waals surface area (Å²) in [6.45, 7) is 9.62. The van der Waals surface area contributed by atoms with Crippen molar-refractivity contribution < 1.29 is 73.3 Å². The van der Waals surface area contributed by atoms with Crippen LogP contribution in [0.25, 0.3) is 0 Å². The van der Waals surface area contributed by atoms with Crippen molar-refractivity contribution in [2.24, 2.45) is 5.73 Å². The van der Waals surface area contributed by atoms with E-state index in [0.717, 1.165) is 84.2 Å². The highest BCUT2D eigenvalue weighted by molar-refractivity contribution is 5.92. The number of carbonyl (C=O) groups excluding carboxylic acids is 8. The van der Waals surface area contributed by atoms with E-state index in [0.29, 0.717) is 24.6 Å². The number of carbonyl (C=O) groups is 8. The lowest BCUT2D eigenvalue weighted by molar-refractivity contribution is -0.275. The summed E-state index contributed by atoms with van der Waals surface area (Å²) in [5.74, 6) is -6.08. The summed E-state index contributed by atoms with van der Waals surface area (Å²) >= 11 is 0. The summed E-state index contributed by atoms with van der Waals surface area (Å²) in [5.41, 5.74) is 5.44. The van der Waals surface area contributed by atoms with Gasteiger partial charge in [0, 0.05) is 26.2 Å². The van der Waals surface area contributed by atoms with Gasteiger partial charge < -0.3 is 55.2 Å². The Morgan fingerprint density at radius 2 is 1.08 bits per heavy atom. The molecule has 458 valence electrons. The Morgan fingerprint density at radius 1 is 0.608 bits per heavy atom. The summed E-state index contributed by atoms with van der Waals surface area (Å²) < 4.78 is 42.9. The van der Waals surface area contributed by atoms with Crippen LogP contribution in [0.15, 0.2) is 0 Å². The van der Waals surface area contributed by atoms with Gasteiger partial charge in [0.15, 0.2) is 1.41 Å². The third-order valence-electron chi connectivity index (χ3n) is 14.4. The summed E-state index contributed by atoms with van der Waals surface area (Å²) in [6.07, 6.45) is 22.5. The molecule has 0 aromatic heterocycles. The molecule has 79 heavy (non-hydrogen) atoms. The van der Waals surface area contributed by atoms with E-state index in [1.165, 1.54) is 117 Å². The second-order valence-corrected chi connectivity index (χ2v) is 21.7. The molecule has 0 bridgehead atoms. The lowest BCUT2D eigenvalue weighted by atomic mass is 9.96. The lowest BCUT2D eigenvalue weighted by Gasteiger charge is -2.44. The highest BCUT2D eigenvalue weighted by Gasteiger charge is 2.50. The summed E-state index contributed by atoms with van der Waals surface area (Å²) in [5, 5.41) is 17.2. The Morgan fingerprint density at radius 3 is 1.54 bits per heavy atom. The van der Waals surface area contributed by atoms with Crippen LogP contribution >= 0.6 is 0 Å². The van der Waals surface area contributed by atoms with Gasteiger partial charge >= 0.3 is 23.9 Å². The third-order valence-corrected chi connectivity index (χ3v) is 14.4. The number of amides is 4. The first kappa shape index (κ1) is 70.7. The minimum atomic E-state index is -1.76. The average Bonchev–Trinajstić information content (AvgIpc) is 3.42. The van der Waals surface area contributed by atoms with E-state index in [1.807, 2.05) is 0 Å². The maximum absolute atomic E-state index is 13.8. The van der Waals surface area contributed by atoms with E-state index in [4.69, 9.17) is 30.8 Å². The summed E-state index contributed by atoms with van der Waals surface area (Å²) in [4.78, 5) is 104. The number of rotatable bonds is 49. The van der Waals surface area contributed by atoms with Gasteiger partial charge in [0.05, 0.1) is 13.5 Å². The van der Waals surface area contributed by atoms with E-state index in [-0.39, 0.29) is 38.1 Å². The zero-order chi connectivity index (χ0) is 59.5. The number of aliphatic hydroxyl groups excluding tert-OH is 1. The van der Waals surface area contributed by atoms with Gasteiger partial charge in [0.2, 0.25) is 29.9 Å². The summed E-state index contributed by atoms with van der Waals surface area (Å²) in [7, 11) is 1.16. The van der Waals surface area contributed by atoms with Gasteiger partial charge in [-0.25, -0.2) is 0 Å². The minimum absolute atomic E-state index is 0.0114. The molecule has 0 aromatic carbocycles. The molecule has 1 heterocycles. The van der Waals surface area contributed by atoms with Gasteiger partial charge in [-0.1, -0.05) is 188 Å². The number of nitrogens with one attached hydrogen (secondary N) is 3. The Balaban J connectivity index is 3.29. The van der Waals surface area contributed by atoms with E-state index < -0.39 is 103 Å². The standard InChI is InChI=1S/C60H108N4O15/c1-8-11-14-17-20-23-24-27-30-33-36-39-52(68)79-60-54(63-46(6)65)56(76-45(5)59(73)62-44(4)58(72)64-48(57(61)71)40-41-50(66)74-7)55(70)49(78-60)43-75-53(69)42-47(37-34-31-28-25-21-18-15-12-9-2)77-51(67)38-35-32-29-26-22-19-16-13-10-3/h44-45,47-49,54-56,60,70H,8-43H2,1-7H3,(H2,61,71)(H,62,73)(H,63,65)(H,64,72)/t44-,45+,47+,48-,49+,54+,55+,56+,60?/m0/s1/i/hD. The molecule has 0 saturated carbocycles. The minimum Gasteiger partial charge on any atom is -0.469 e. The van der Waals surface area contributed by atoms with Crippen LogP contribution in [0.4, 0.5) is 0 Å². The number of primary amides is 1. The lowest BCUT2D eigenvalue weighted by Crippen LogP contribution is -2.66. The van der Waals surface area contributed by atoms with Crippen molar-refractivity contribution in [3.63, 3.8) is 0 Å². The van der Waals surface area contributed by atoms with Crippen molar-refractivity contribution in [2.75, 3.05) is 13.7 Å². The maximum Gasteiger partial charge on any atom is 0.309 e. The molecular formula is C60H108N4O15. The van der Waals surface area contributed by atoms with Crippen LogP contribution in [0.1, 0.15) is 266 Å². The Kier molecular flexibility index (Phi) is 41.4. The number of hydrogen-bond donors (Lipinski definition) is 5. The number of nitrogens with two attached hydrogens (primary N) is 1. The number of esters is 4. The first-order valence-corrected chi connectivity index (χ1v) is 30.7. The van der Waals surface area contributed by atoms with E-state index in [9.17, 15) is 43.5 Å². The molecule has 0 spiro atoms. The van der Waals surface area contributed by atoms with E-state index in [1.54, 1.807) is 0 Å². The van der Waals surface area contributed by atoms with Crippen molar-refractivity contribution in [1.29, 1.82) is 0 Å². The van der Waals surface area contributed by atoms with E-state index in [2.05, 4.69) is 36.1 Å². The van der Waals surface area contributed by atoms with Crippen molar-refractivity contribution in [3.05, 3.63) is 0 Å². The van der Waals surface area contributed by atoms with Crippen LogP contribution in [0, 0.1) is 0 Å². The molecule has 4 amide bonds.